The monoisotopic (exact) mass is 354 g/mol. The lowest BCUT2D eigenvalue weighted by Crippen LogP contribution is -2.05. The molecule has 26 heavy (non-hydrogen) atoms. The van der Waals surface area contributed by atoms with E-state index < -0.39 is 51.4 Å². The molecule has 0 bridgehead atoms. The number of benzene rings is 3. The molecule has 3 aromatic carbocycles. The van der Waals surface area contributed by atoms with Crippen LogP contribution in [0, 0.1) is 0 Å². The van der Waals surface area contributed by atoms with Crippen LogP contribution in [0.4, 0.5) is 0 Å². The molecule has 0 unspecified atom stereocenters. The number of phenols is 6. The van der Waals surface area contributed by atoms with E-state index in [2.05, 4.69) is 0 Å². The quantitative estimate of drug-likeness (QED) is 0.241. The highest BCUT2D eigenvalue weighted by molar-refractivity contribution is 6.16. The first kappa shape index (κ1) is 17.0. The maximum atomic E-state index is 12.9. The number of hydrogen-bond donors (Lipinski definition) is 6. The Kier molecular flexibility index (Phi) is 4.05. The fraction of sp³-hybridized carbons (Fsp3) is 0. The van der Waals surface area contributed by atoms with Crippen molar-refractivity contribution in [3.63, 3.8) is 0 Å². The smallest absolute Gasteiger partial charge is 0.205 e. The molecule has 0 fully saturated rings. The maximum absolute atomic E-state index is 12.9. The molecule has 0 saturated carbocycles. The number of aromatic hydroxyl groups is 6. The van der Waals surface area contributed by atoms with Gasteiger partial charge >= 0.3 is 0 Å². The molecule has 0 heterocycles. The van der Waals surface area contributed by atoms with E-state index in [1.54, 1.807) is 18.2 Å². The van der Waals surface area contributed by atoms with Crippen molar-refractivity contribution in [1.29, 1.82) is 0 Å². The third kappa shape index (κ3) is 2.51. The second-order valence-corrected chi connectivity index (χ2v) is 5.51. The van der Waals surface area contributed by atoms with Crippen molar-refractivity contribution >= 4 is 5.78 Å². The van der Waals surface area contributed by atoms with Crippen molar-refractivity contribution in [1.82, 2.24) is 0 Å². The van der Waals surface area contributed by atoms with E-state index in [-0.39, 0.29) is 11.1 Å². The highest BCUT2D eigenvalue weighted by atomic mass is 16.3. The Morgan fingerprint density at radius 3 is 1.88 bits per heavy atom. The Labute approximate surface area is 147 Å². The number of hydrogen-bond acceptors (Lipinski definition) is 7. The van der Waals surface area contributed by atoms with Gasteiger partial charge in [0.2, 0.25) is 11.5 Å². The Morgan fingerprint density at radius 2 is 1.23 bits per heavy atom. The zero-order chi connectivity index (χ0) is 19.0. The van der Waals surface area contributed by atoms with Crippen molar-refractivity contribution < 1.29 is 35.4 Å². The van der Waals surface area contributed by atoms with E-state index in [4.69, 9.17) is 0 Å². The van der Waals surface area contributed by atoms with Crippen LogP contribution in [0.3, 0.4) is 0 Å². The van der Waals surface area contributed by atoms with Gasteiger partial charge in [-0.3, -0.25) is 4.79 Å². The molecule has 0 aromatic heterocycles. The van der Waals surface area contributed by atoms with Crippen LogP contribution in [0.1, 0.15) is 15.9 Å². The topological polar surface area (TPSA) is 138 Å². The number of carbonyl (C=O) groups excluding carboxylic acids is 1. The molecule has 6 N–H and O–H groups in total. The number of carbonyl (C=O) groups is 1. The molecule has 0 amide bonds. The van der Waals surface area contributed by atoms with Crippen molar-refractivity contribution in [3.8, 4) is 45.6 Å². The Hall–Kier alpha value is -3.87. The van der Waals surface area contributed by atoms with Crippen LogP contribution in [0.15, 0.2) is 48.5 Å². The summed E-state index contributed by atoms with van der Waals surface area (Å²) < 4.78 is 0. The Bertz CT molecular complexity index is 1010. The van der Waals surface area contributed by atoms with Gasteiger partial charge in [-0.05, 0) is 6.07 Å². The summed E-state index contributed by atoms with van der Waals surface area (Å²) in [5, 5.41) is 60.0. The zero-order valence-corrected chi connectivity index (χ0v) is 13.2. The van der Waals surface area contributed by atoms with Gasteiger partial charge in [0.25, 0.3) is 0 Å². The van der Waals surface area contributed by atoms with Gasteiger partial charge in [0.05, 0.1) is 5.56 Å². The summed E-state index contributed by atoms with van der Waals surface area (Å²) >= 11 is 0. The number of rotatable bonds is 3. The average molecular weight is 354 g/mol. The average Bonchev–Trinajstić information content (AvgIpc) is 2.65. The minimum atomic E-state index is -1.08. The molecule has 0 radical (unpaired) electrons. The van der Waals surface area contributed by atoms with Gasteiger partial charge in [-0.1, -0.05) is 42.5 Å². The largest absolute Gasteiger partial charge is 0.504 e. The molecule has 0 aliphatic carbocycles. The third-order valence-electron chi connectivity index (χ3n) is 3.94. The summed E-state index contributed by atoms with van der Waals surface area (Å²) in [6.07, 6.45) is 0. The molecule has 0 saturated heterocycles. The van der Waals surface area contributed by atoms with Gasteiger partial charge in [-0.15, -0.1) is 0 Å². The summed E-state index contributed by atoms with van der Waals surface area (Å²) in [6, 6.07) is 11.5. The van der Waals surface area contributed by atoms with Crippen LogP contribution in [-0.2, 0) is 0 Å². The van der Waals surface area contributed by atoms with Crippen LogP contribution in [0.2, 0.25) is 0 Å². The zero-order valence-electron chi connectivity index (χ0n) is 13.2. The lowest BCUT2D eigenvalue weighted by molar-refractivity contribution is 0.103. The molecule has 7 nitrogen and oxygen atoms in total. The molecule has 3 aromatic rings. The number of phenolic OH excluding ortho intramolecular Hbond substituents is 6. The molecule has 132 valence electrons. The Balaban J connectivity index is 2.40. The van der Waals surface area contributed by atoms with Gasteiger partial charge in [0.1, 0.15) is 0 Å². The molecular formula is C19H14O7. The standard InChI is InChI=1S/C19H14O7/c20-11-8-4-7-10(15(11)22)12-13(14(21)9-5-2-1-3-6-9)17(24)19(26)18(25)16(12)23/h1-8,20,22-26H. The third-order valence-corrected chi connectivity index (χ3v) is 3.94. The summed E-state index contributed by atoms with van der Waals surface area (Å²) in [4.78, 5) is 12.9. The molecule has 0 aliphatic rings. The fourth-order valence-electron chi connectivity index (χ4n) is 2.65. The first-order valence-corrected chi connectivity index (χ1v) is 7.45. The molecule has 3 rings (SSSR count). The van der Waals surface area contributed by atoms with E-state index >= 15 is 0 Å². The molecule has 0 spiro atoms. The predicted molar refractivity (Wildman–Crippen MR) is 91.7 cm³/mol. The van der Waals surface area contributed by atoms with Crippen molar-refractivity contribution in [2.24, 2.45) is 0 Å². The van der Waals surface area contributed by atoms with Crippen LogP contribution in [0.5, 0.6) is 34.5 Å². The summed E-state index contributed by atoms with van der Waals surface area (Å²) in [5.41, 5.74) is -1.05. The van der Waals surface area contributed by atoms with Gasteiger partial charge in [-0.2, -0.15) is 0 Å². The second-order valence-electron chi connectivity index (χ2n) is 5.51. The molecule has 0 atom stereocenters. The maximum Gasteiger partial charge on any atom is 0.205 e. The molecular weight excluding hydrogens is 340 g/mol. The Morgan fingerprint density at radius 1 is 0.615 bits per heavy atom. The van der Waals surface area contributed by atoms with E-state index in [0.29, 0.717) is 0 Å². The normalized spacial score (nSPS) is 10.6. The highest BCUT2D eigenvalue weighted by Gasteiger charge is 2.30. The number of para-hydroxylation sites is 1. The lowest BCUT2D eigenvalue weighted by atomic mass is 9.90. The van der Waals surface area contributed by atoms with Crippen LogP contribution >= 0.6 is 0 Å². The van der Waals surface area contributed by atoms with Gasteiger partial charge in [-0.25, -0.2) is 0 Å². The second kappa shape index (κ2) is 6.21. The summed E-state index contributed by atoms with van der Waals surface area (Å²) in [7, 11) is 0. The predicted octanol–water partition coefficient (Wildman–Crippen LogP) is 2.82. The van der Waals surface area contributed by atoms with Gasteiger partial charge in [0.15, 0.2) is 28.8 Å². The summed E-state index contributed by atoms with van der Waals surface area (Å²) in [6.45, 7) is 0. The van der Waals surface area contributed by atoms with Crippen molar-refractivity contribution in [2.45, 2.75) is 0 Å². The van der Waals surface area contributed by atoms with Crippen molar-refractivity contribution in [3.05, 3.63) is 59.7 Å². The van der Waals surface area contributed by atoms with E-state index in [1.807, 2.05) is 0 Å². The van der Waals surface area contributed by atoms with Gasteiger partial charge in [0, 0.05) is 16.7 Å². The van der Waals surface area contributed by atoms with Crippen molar-refractivity contribution in [2.75, 3.05) is 0 Å². The molecule has 7 heteroatoms. The first-order chi connectivity index (χ1) is 12.3. The minimum absolute atomic E-state index is 0.133. The van der Waals surface area contributed by atoms with E-state index in [1.165, 1.54) is 30.3 Å². The van der Waals surface area contributed by atoms with Crippen LogP contribution in [0.25, 0.3) is 11.1 Å². The van der Waals surface area contributed by atoms with Crippen LogP contribution in [-0.4, -0.2) is 36.4 Å². The van der Waals surface area contributed by atoms with E-state index in [0.717, 1.165) is 0 Å². The van der Waals surface area contributed by atoms with Crippen LogP contribution < -0.4 is 0 Å². The fourth-order valence-corrected chi connectivity index (χ4v) is 2.65. The highest BCUT2D eigenvalue weighted by Crippen LogP contribution is 2.53. The number of ketones is 1. The minimum Gasteiger partial charge on any atom is -0.504 e. The lowest BCUT2D eigenvalue weighted by Gasteiger charge is -2.17. The summed E-state index contributed by atoms with van der Waals surface area (Å²) in [5.74, 6) is -6.02. The SMILES string of the molecule is O=C(c1ccccc1)c1c(O)c(O)c(O)c(O)c1-c1cccc(O)c1O. The van der Waals surface area contributed by atoms with Gasteiger partial charge < -0.3 is 30.6 Å². The molecule has 0 aliphatic heterocycles. The first-order valence-electron chi connectivity index (χ1n) is 7.45. The van der Waals surface area contributed by atoms with E-state index in [9.17, 15) is 35.4 Å².